The van der Waals surface area contributed by atoms with Crippen LogP contribution in [0, 0.1) is 5.92 Å². The molecule has 1 aromatic rings. The van der Waals surface area contributed by atoms with Gasteiger partial charge < -0.3 is 15.1 Å². The second kappa shape index (κ2) is 8.65. The van der Waals surface area contributed by atoms with Crippen LogP contribution in [0.1, 0.15) is 24.8 Å². The van der Waals surface area contributed by atoms with Crippen LogP contribution < -0.4 is 5.32 Å². The first kappa shape index (κ1) is 18.2. The van der Waals surface area contributed by atoms with Gasteiger partial charge in [0.2, 0.25) is 17.7 Å². The monoisotopic (exact) mass is 355 g/mol. The molecule has 3 rings (SSSR count). The Labute approximate surface area is 153 Å². The van der Waals surface area contributed by atoms with Gasteiger partial charge in [-0.15, -0.1) is 0 Å². The molecule has 0 aromatic heterocycles. The number of carbonyl (C=O) groups excluding carboxylic acids is 3. The van der Waals surface area contributed by atoms with Gasteiger partial charge in [-0.2, -0.15) is 0 Å². The maximum absolute atomic E-state index is 12.7. The Morgan fingerprint density at radius 2 is 1.77 bits per heavy atom. The van der Waals surface area contributed by atoms with Crippen LogP contribution in [0.4, 0.5) is 0 Å². The fourth-order valence-corrected chi connectivity index (χ4v) is 3.40. The van der Waals surface area contributed by atoms with E-state index in [1.54, 1.807) is 11.0 Å². The lowest BCUT2D eigenvalue weighted by molar-refractivity contribution is -0.137. The highest BCUT2D eigenvalue weighted by atomic mass is 16.2. The van der Waals surface area contributed by atoms with E-state index in [2.05, 4.69) is 5.32 Å². The molecular formula is C20H25N3O3. The number of benzene rings is 1. The topological polar surface area (TPSA) is 69.7 Å². The van der Waals surface area contributed by atoms with Crippen molar-refractivity contribution in [1.82, 2.24) is 15.1 Å². The highest BCUT2D eigenvalue weighted by molar-refractivity contribution is 5.92. The number of piperidine rings is 1. The van der Waals surface area contributed by atoms with Crippen LogP contribution in [-0.4, -0.2) is 60.2 Å². The Hall–Kier alpha value is -2.63. The Balaban J connectivity index is 1.52. The number of amides is 3. The van der Waals surface area contributed by atoms with E-state index in [-0.39, 0.29) is 23.6 Å². The molecule has 6 nitrogen and oxygen atoms in total. The summed E-state index contributed by atoms with van der Waals surface area (Å²) in [5.41, 5.74) is 0.992. The molecule has 1 unspecified atom stereocenters. The summed E-state index contributed by atoms with van der Waals surface area (Å²) >= 11 is 0. The molecule has 1 N–H and O–H groups in total. The lowest BCUT2D eigenvalue weighted by Gasteiger charge is -2.28. The summed E-state index contributed by atoms with van der Waals surface area (Å²) in [4.78, 5) is 40.0. The highest BCUT2D eigenvalue weighted by Gasteiger charge is 2.29. The van der Waals surface area contributed by atoms with E-state index in [1.165, 1.54) is 0 Å². The van der Waals surface area contributed by atoms with Crippen LogP contribution in [-0.2, 0) is 14.4 Å². The largest absolute Gasteiger partial charge is 0.355 e. The summed E-state index contributed by atoms with van der Waals surface area (Å²) in [7, 11) is 0. The molecule has 0 spiro atoms. The molecule has 1 aromatic carbocycles. The van der Waals surface area contributed by atoms with Gasteiger partial charge in [-0.25, -0.2) is 0 Å². The van der Waals surface area contributed by atoms with Crippen LogP contribution in [0.2, 0.25) is 0 Å². The Kier molecular flexibility index (Phi) is 6.04. The SMILES string of the molecule is O=C1CCC(C(=O)N2CCCN(C(=O)C=Cc3ccccc3)CC2)CN1. The third-order valence-electron chi connectivity index (χ3n) is 4.95. The van der Waals surface area contributed by atoms with E-state index in [0.29, 0.717) is 45.6 Å². The average Bonchev–Trinajstić information content (AvgIpc) is 2.93. The highest BCUT2D eigenvalue weighted by Crippen LogP contribution is 2.16. The zero-order valence-electron chi connectivity index (χ0n) is 14.9. The lowest BCUT2D eigenvalue weighted by Crippen LogP contribution is -2.46. The predicted molar refractivity (Wildman–Crippen MR) is 99.0 cm³/mol. The Morgan fingerprint density at radius 3 is 2.50 bits per heavy atom. The predicted octanol–water partition coefficient (Wildman–Crippen LogP) is 1.29. The standard InChI is InChI=1S/C20H25N3O3/c24-18-9-8-17(15-21-18)20(26)23-12-4-11-22(13-14-23)19(25)10-7-16-5-2-1-3-6-16/h1-3,5-7,10,17H,4,8-9,11-15H2,(H,21,24). The van der Waals surface area contributed by atoms with E-state index >= 15 is 0 Å². The normalized spacial score (nSPS) is 21.4. The molecule has 2 heterocycles. The van der Waals surface area contributed by atoms with Gasteiger partial charge in [0.25, 0.3) is 0 Å². The van der Waals surface area contributed by atoms with E-state index in [0.717, 1.165) is 12.0 Å². The zero-order valence-corrected chi connectivity index (χ0v) is 14.9. The number of nitrogens with zero attached hydrogens (tertiary/aromatic N) is 2. The van der Waals surface area contributed by atoms with Crippen molar-refractivity contribution in [3.63, 3.8) is 0 Å². The van der Waals surface area contributed by atoms with Gasteiger partial charge in [-0.1, -0.05) is 30.3 Å². The molecule has 1 atom stereocenters. The Morgan fingerprint density at radius 1 is 1.04 bits per heavy atom. The van der Waals surface area contributed by atoms with Gasteiger partial charge in [0.05, 0.1) is 5.92 Å². The number of carbonyl (C=O) groups is 3. The van der Waals surface area contributed by atoms with Crippen LogP contribution in [0.3, 0.4) is 0 Å². The third kappa shape index (κ3) is 4.71. The van der Waals surface area contributed by atoms with Gasteiger partial charge in [0, 0.05) is 45.2 Å². The van der Waals surface area contributed by atoms with E-state index in [4.69, 9.17) is 0 Å². The third-order valence-corrected chi connectivity index (χ3v) is 4.95. The van der Waals surface area contributed by atoms with Crippen molar-refractivity contribution in [3.05, 3.63) is 42.0 Å². The maximum atomic E-state index is 12.7. The van der Waals surface area contributed by atoms with Gasteiger partial charge in [0.1, 0.15) is 0 Å². The van der Waals surface area contributed by atoms with Crippen molar-refractivity contribution in [2.24, 2.45) is 5.92 Å². The fraction of sp³-hybridized carbons (Fsp3) is 0.450. The minimum absolute atomic E-state index is 0.0203. The molecule has 2 saturated heterocycles. The molecular weight excluding hydrogens is 330 g/mol. The zero-order chi connectivity index (χ0) is 18.4. The van der Waals surface area contributed by atoms with Crippen molar-refractivity contribution < 1.29 is 14.4 Å². The number of nitrogens with one attached hydrogen (secondary N) is 1. The molecule has 138 valence electrons. The summed E-state index contributed by atoms with van der Waals surface area (Å²) in [6.45, 7) is 2.84. The van der Waals surface area contributed by atoms with Crippen LogP contribution in [0.25, 0.3) is 6.08 Å². The Bertz CT molecular complexity index is 677. The number of hydrogen-bond donors (Lipinski definition) is 1. The molecule has 26 heavy (non-hydrogen) atoms. The van der Waals surface area contributed by atoms with Gasteiger partial charge in [-0.05, 0) is 24.5 Å². The minimum Gasteiger partial charge on any atom is -0.355 e. The van der Waals surface area contributed by atoms with Gasteiger partial charge in [0.15, 0.2) is 0 Å². The van der Waals surface area contributed by atoms with Crippen molar-refractivity contribution >= 4 is 23.8 Å². The molecule has 0 aliphatic carbocycles. The maximum Gasteiger partial charge on any atom is 0.246 e. The lowest BCUT2D eigenvalue weighted by atomic mass is 9.97. The summed E-state index contributed by atoms with van der Waals surface area (Å²) in [5.74, 6) is -0.0352. The minimum atomic E-state index is -0.132. The van der Waals surface area contributed by atoms with Crippen LogP contribution in [0.5, 0.6) is 0 Å². The van der Waals surface area contributed by atoms with E-state index in [9.17, 15) is 14.4 Å². The van der Waals surface area contributed by atoms with Gasteiger partial charge in [-0.3, -0.25) is 14.4 Å². The molecule has 6 heteroatoms. The first-order chi connectivity index (χ1) is 12.6. The second-order valence-corrected chi connectivity index (χ2v) is 6.79. The second-order valence-electron chi connectivity index (χ2n) is 6.79. The molecule has 0 radical (unpaired) electrons. The van der Waals surface area contributed by atoms with Gasteiger partial charge >= 0.3 is 0 Å². The quantitative estimate of drug-likeness (QED) is 0.831. The first-order valence-electron chi connectivity index (χ1n) is 9.21. The van der Waals surface area contributed by atoms with E-state index < -0.39 is 0 Å². The molecule has 3 amide bonds. The smallest absolute Gasteiger partial charge is 0.246 e. The summed E-state index contributed by atoms with van der Waals surface area (Å²) in [6, 6.07) is 9.73. The molecule has 2 aliphatic heterocycles. The summed E-state index contributed by atoms with van der Waals surface area (Å²) in [6.07, 6.45) is 5.23. The molecule has 0 saturated carbocycles. The van der Waals surface area contributed by atoms with Crippen LogP contribution in [0.15, 0.2) is 36.4 Å². The number of rotatable bonds is 3. The summed E-state index contributed by atoms with van der Waals surface area (Å²) < 4.78 is 0. The summed E-state index contributed by atoms with van der Waals surface area (Å²) in [5, 5.41) is 2.77. The van der Waals surface area contributed by atoms with E-state index in [1.807, 2.05) is 41.3 Å². The number of hydrogen-bond acceptors (Lipinski definition) is 3. The van der Waals surface area contributed by atoms with Crippen molar-refractivity contribution in [2.75, 3.05) is 32.7 Å². The van der Waals surface area contributed by atoms with Crippen molar-refractivity contribution in [1.29, 1.82) is 0 Å². The fourth-order valence-electron chi connectivity index (χ4n) is 3.40. The van der Waals surface area contributed by atoms with Crippen LogP contribution >= 0.6 is 0 Å². The average molecular weight is 355 g/mol. The first-order valence-corrected chi connectivity index (χ1v) is 9.21. The molecule has 0 bridgehead atoms. The molecule has 2 aliphatic rings. The molecule has 2 fully saturated rings. The van der Waals surface area contributed by atoms with Crippen molar-refractivity contribution in [3.8, 4) is 0 Å². The van der Waals surface area contributed by atoms with Crippen molar-refractivity contribution in [2.45, 2.75) is 19.3 Å².